The van der Waals surface area contributed by atoms with E-state index in [4.69, 9.17) is 9.72 Å². The molecular weight excluding hydrogens is 488 g/mol. The lowest BCUT2D eigenvalue weighted by molar-refractivity contribution is -0.137. The largest absolute Gasteiger partial charge is 0.490 e. The fourth-order valence-corrected chi connectivity index (χ4v) is 5.88. The van der Waals surface area contributed by atoms with Crippen LogP contribution in [0.3, 0.4) is 0 Å². The van der Waals surface area contributed by atoms with Crippen LogP contribution < -0.4 is 9.46 Å². The summed E-state index contributed by atoms with van der Waals surface area (Å²) in [5.41, 5.74) is 3.84. The normalized spacial score (nSPS) is 15.0. The van der Waals surface area contributed by atoms with Gasteiger partial charge in [-0.3, -0.25) is 4.79 Å². The van der Waals surface area contributed by atoms with Crippen molar-refractivity contribution in [3.8, 4) is 33.8 Å². The zero-order valence-corrected chi connectivity index (χ0v) is 21.1. The number of hydrogen-bond donors (Lipinski definition) is 1. The average Bonchev–Trinajstić information content (AvgIpc) is 3.46. The third kappa shape index (κ3) is 5.51. The molecule has 0 fully saturated rings. The van der Waals surface area contributed by atoms with Crippen molar-refractivity contribution in [3.63, 3.8) is 0 Å². The van der Waals surface area contributed by atoms with Crippen LogP contribution in [-0.2, 0) is 26.0 Å². The van der Waals surface area contributed by atoms with Crippen LogP contribution in [0.5, 0.6) is 5.75 Å². The minimum Gasteiger partial charge on any atom is -0.490 e. The first-order valence-electron chi connectivity index (χ1n) is 10.9. The van der Waals surface area contributed by atoms with Crippen molar-refractivity contribution in [2.24, 2.45) is 0 Å². The highest BCUT2D eigenvalue weighted by atomic mass is 32.2. The number of benzene rings is 2. The molecule has 182 valence electrons. The maximum atomic E-state index is 12.3. The molecule has 4 rings (SSSR count). The van der Waals surface area contributed by atoms with Crippen molar-refractivity contribution in [1.82, 2.24) is 14.1 Å². The summed E-state index contributed by atoms with van der Waals surface area (Å²) in [7, 11) is -2.68. The number of fused-ring (bicyclic) bond motifs is 1. The Balaban J connectivity index is 1.60. The molecule has 0 radical (unpaired) electrons. The van der Waals surface area contributed by atoms with Gasteiger partial charge in [-0.15, -0.1) is 0 Å². The van der Waals surface area contributed by atoms with Gasteiger partial charge in [0.2, 0.25) is 10.0 Å². The predicted molar refractivity (Wildman–Crippen MR) is 131 cm³/mol. The Bertz CT molecular complexity index is 1410. The van der Waals surface area contributed by atoms with Gasteiger partial charge in [0.15, 0.2) is 11.6 Å². The second-order valence-corrected chi connectivity index (χ2v) is 10.8. The number of methoxy groups -OCH3 is 1. The van der Waals surface area contributed by atoms with Crippen molar-refractivity contribution >= 4 is 27.5 Å². The molecule has 1 aliphatic rings. The van der Waals surface area contributed by atoms with Gasteiger partial charge in [0, 0.05) is 17.2 Å². The van der Waals surface area contributed by atoms with E-state index in [1.54, 1.807) is 12.1 Å². The number of hydrogen-bond acceptors (Lipinski definition) is 9. The number of aromatic nitrogens is 2. The van der Waals surface area contributed by atoms with Gasteiger partial charge in [0.25, 0.3) is 0 Å². The molecule has 11 heteroatoms. The number of ether oxygens (including phenoxy) is 2. The van der Waals surface area contributed by atoms with Gasteiger partial charge < -0.3 is 9.47 Å². The molecule has 35 heavy (non-hydrogen) atoms. The van der Waals surface area contributed by atoms with Gasteiger partial charge in [-0.2, -0.15) is 9.64 Å². The summed E-state index contributed by atoms with van der Waals surface area (Å²) in [5.74, 6) is -0.469. The van der Waals surface area contributed by atoms with Crippen molar-refractivity contribution in [2.45, 2.75) is 38.8 Å². The van der Waals surface area contributed by atoms with Crippen molar-refractivity contribution in [2.75, 3.05) is 12.9 Å². The lowest BCUT2D eigenvalue weighted by atomic mass is 10.0. The maximum Gasteiger partial charge on any atom is 0.322 e. The van der Waals surface area contributed by atoms with Crippen LogP contribution in [0.15, 0.2) is 36.4 Å². The number of sulfonamides is 1. The van der Waals surface area contributed by atoms with E-state index in [1.165, 1.54) is 11.5 Å². The van der Waals surface area contributed by atoms with Gasteiger partial charge in [0.05, 0.1) is 18.8 Å². The molecule has 0 aliphatic heterocycles. The van der Waals surface area contributed by atoms with Crippen molar-refractivity contribution in [3.05, 3.63) is 53.1 Å². The highest BCUT2D eigenvalue weighted by Gasteiger charge is 2.30. The SMILES string of the molecule is COC(=O)CS(=O)(=O)N[C@@H]1CCc2c(-c3nsc(-c4ccc(OC(C)C)c(C#N)c4)n3)cccc21. The molecule has 3 aromatic rings. The highest BCUT2D eigenvalue weighted by molar-refractivity contribution is 7.90. The molecule has 1 aliphatic carbocycles. The second-order valence-electron chi connectivity index (χ2n) is 8.33. The summed E-state index contributed by atoms with van der Waals surface area (Å²) < 4.78 is 42.0. The molecule has 0 saturated carbocycles. The van der Waals surface area contributed by atoms with E-state index in [0.29, 0.717) is 35.0 Å². The van der Waals surface area contributed by atoms with Gasteiger partial charge >= 0.3 is 5.97 Å². The minimum atomic E-state index is -3.84. The molecule has 0 unspecified atom stereocenters. The molecule has 1 aromatic heterocycles. The number of nitrogens with one attached hydrogen (secondary N) is 1. The fourth-order valence-electron chi connectivity index (χ4n) is 4.02. The first kappa shape index (κ1) is 24.8. The van der Waals surface area contributed by atoms with Crippen LogP contribution in [0.25, 0.3) is 22.0 Å². The summed E-state index contributed by atoms with van der Waals surface area (Å²) in [4.78, 5) is 16.1. The van der Waals surface area contributed by atoms with Gasteiger partial charge in [-0.05, 0) is 67.5 Å². The summed E-state index contributed by atoms with van der Waals surface area (Å²) in [6, 6.07) is 12.7. The maximum absolute atomic E-state index is 12.3. The molecule has 2 aromatic carbocycles. The Morgan fingerprint density at radius 2 is 2.11 bits per heavy atom. The Hall–Kier alpha value is -3.33. The quantitative estimate of drug-likeness (QED) is 0.453. The molecule has 0 bridgehead atoms. The Morgan fingerprint density at radius 3 is 2.83 bits per heavy atom. The number of nitriles is 1. The zero-order valence-electron chi connectivity index (χ0n) is 19.4. The number of rotatable bonds is 8. The third-order valence-electron chi connectivity index (χ3n) is 5.50. The van der Waals surface area contributed by atoms with Crippen LogP contribution in [-0.4, -0.2) is 42.7 Å². The number of carbonyl (C=O) groups excluding carboxylic acids is 1. The standard InChI is InChI=1S/C24H24N4O5S2/c1-14(2)33-21-10-7-15(11-16(21)12-25)24-26-23(27-34-24)19-6-4-5-18-17(19)8-9-20(18)28-35(30,31)13-22(29)32-3/h4-7,10-11,14,20,28H,8-9,13H2,1-3H3/t20-/m1/s1. The molecule has 1 heterocycles. The van der Waals surface area contributed by atoms with E-state index in [0.717, 1.165) is 29.4 Å². The Kier molecular flexibility index (Phi) is 7.16. The van der Waals surface area contributed by atoms with Crippen molar-refractivity contribution < 1.29 is 22.7 Å². The molecule has 9 nitrogen and oxygen atoms in total. The lowest BCUT2D eigenvalue weighted by Crippen LogP contribution is -2.33. The monoisotopic (exact) mass is 512 g/mol. The second kappa shape index (κ2) is 10.1. The van der Waals surface area contributed by atoms with Crippen LogP contribution in [0.2, 0.25) is 0 Å². The molecular formula is C24H24N4O5S2. The highest BCUT2D eigenvalue weighted by Crippen LogP contribution is 2.38. The first-order valence-corrected chi connectivity index (χ1v) is 13.4. The number of nitrogens with zero attached hydrogens (tertiary/aromatic N) is 3. The number of esters is 1. The van der Waals surface area contributed by atoms with E-state index in [9.17, 15) is 18.5 Å². The van der Waals surface area contributed by atoms with E-state index in [1.807, 2.05) is 38.1 Å². The number of carbonyl (C=O) groups is 1. The third-order valence-corrected chi connectivity index (χ3v) is 7.53. The van der Waals surface area contributed by atoms with E-state index in [2.05, 4.69) is 19.9 Å². The molecule has 1 N–H and O–H groups in total. The van der Waals surface area contributed by atoms with E-state index < -0.39 is 27.8 Å². The smallest absolute Gasteiger partial charge is 0.322 e. The van der Waals surface area contributed by atoms with Crippen molar-refractivity contribution in [1.29, 1.82) is 5.26 Å². The van der Waals surface area contributed by atoms with Crippen LogP contribution >= 0.6 is 11.5 Å². The summed E-state index contributed by atoms with van der Waals surface area (Å²) in [6.45, 7) is 3.80. The van der Waals surface area contributed by atoms with Gasteiger partial charge in [0.1, 0.15) is 16.8 Å². The Morgan fingerprint density at radius 1 is 1.31 bits per heavy atom. The molecule has 0 spiro atoms. The van der Waals surface area contributed by atoms with E-state index >= 15 is 0 Å². The van der Waals surface area contributed by atoms with Crippen LogP contribution in [0.1, 0.15) is 43.0 Å². The minimum absolute atomic E-state index is 0.0463. The summed E-state index contributed by atoms with van der Waals surface area (Å²) >= 11 is 1.23. The Labute approximate surface area is 208 Å². The average molecular weight is 513 g/mol. The lowest BCUT2D eigenvalue weighted by Gasteiger charge is -2.14. The van der Waals surface area contributed by atoms with Gasteiger partial charge in [-0.1, -0.05) is 18.2 Å². The molecule has 1 atom stereocenters. The molecule has 0 amide bonds. The van der Waals surface area contributed by atoms with Crippen LogP contribution in [0, 0.1) is 11.3 Å². The predicted octanol–water partition coefficient (Wildman–Crippen LogP) is 3.61. The molecule has 0 saturated heterocycles. The van der Waals surface area contributed by atoms with Gasteiger partial charge in [-0.25, -0.2) is 18.1 Å². The fraction of sp³-hybridized carbons (Fsp3) is 0.333. The van der Waals surface area contributed by atoms with Crippen LogP contribution in [0.4, 0.5) is 0 Å². The summed E-state index contributed by atoms with van der Waals surface area (Å²) in [6.07, 6.45) is 1.16. The topological polar surface area (TPSA) is 131 Å². The first-order chi connectivity index (χ1) is 16.7. The summed E-state index contributed by atoms with van der Waals surface area (Å²) in [5, 5.41) is 10.2. The zero-order chi connectivity index (χ0) is 25.2. The van der Waals surface area contributed by atoms with E-state index in [-0.39, 0.29) is 6.10 Å².